The number of nitrogens with zero attached hydrogens (tertiary/aromatic N) is 3. The molecule has 18 heavy (non-hydrogen) atoms. The predicted molar refractivity (Wildman–Crippen MR) is 49.0 cm³/mol. The summed E-state index contributed by atoms with van der Waals surface area (Å²) >= 11 is 0. The zero-order valence-corrected chi connectivity index (χ0v) is 8.51. The maximum Gasteiger partial charge on any atom is 0.416 e. The maximum atomic E-state index is 12.6. The number of carbonyl (C=O) groups is 1. The van der Waals surface area contributed by atoms with Crippen LogP contribution >= 0.6 is 0 Å². The molecule has 0 atom stereocenters. The second-order valence-corrected chi connectivity index (χ2v) is 2.97. The first-order valence-electron chi connectivity index (χ1n) is 4.52. The van der Waals surface area contributed by atoms with Crippen LogP contribution in [0.15, 0.2) is 22.9 Å². The van der Waals surface area contributed by atoms with Crippen LogP contribution in [0.3, 0.4) is 0 Å². The molecule has 2 heterocycles. The van der Waals surface area contributed by atoms with Crippen molar-refractivity contribution in [1.82, 2.24) is 15.0 Å². The average molecular weight is 259 g/mol. The summed E-state index contributed by atoms with van der Waals surface area (Å²) in [5.41, 5.74) is -1.03. The van der Waals surface area contributed by atoms with Gasteiger partial charge in [-0.3, -0.25) is 0 Å². The Balaban J connectivity index is 2.49. The molecule has 2 aromatic rings. The summed E-state index contributed by atoms with van der Waals surface area (Å²) in [4.78, 5) is 24.4. The van der Waals surface area contributed by atoms with Crippen LogP contribution in [0.2, 0.25) is 0 Å². The molecule has 0 radical (unpaired) electrons. The average Bonchev–Trinajstić information content (AvgIpc) is 2.84. The van der Waals surface area contributed by atoms with Gasteiger partial charge in [-0.15, -0.1) is 0 Å². The molecule has 2 rings (SSSR count). The lowest BCUT2D eigenvalue weighted by Gasteiger charge is -1.93. The van der Waals surface area contributed by atoms with Gasteiger partial charge < -0.3 is 4.42 Å². The number of carbonyl (C=O) groups excluding carboxylic acids is 1. The molecule has 0 saturated carbocycles. The lowest BCUT2D eigenvalue weighted by atomic mass is 10.3. The molecule has 0 unspecified atom stereocenters. The minimum atomic E-state index is -3.12. The van der Waals surface area contributed by atoms with Crippen LogP contribution in [-0.2, 0) is 4.94 Å². The van der Waals surface area contributed by atoms with Crippen molar-refractivity contribution in [3.8, 4) is 11.7 Å². The highest BCUT2D eigenvalue weighted by molar-refractivity contribution is 5.87. The topological polar surface area (TPSA) is 78.1 Å². The molecule has 94 valence electrons. The highest BCUT2D eigenvalue weighted by Gasteiger charge is 2.29. The molecule has 0 bridgehead atoms. The molecule has 2 aromatic heterocycles. The SMILES string of the molecule is O=C(OF)c1oc(-c2ncccn2)nc1C(F)F. The molecule has 0 amide bonds. The van der Waals surface area contributed by atoms with Gasteiger partial charge in [0.1, 0.15) is 0 Å². The fourth-order valence-corrected chi connectivity index (χ4v) is 1.17. The van der Waals surface area contributed by atoms with Gasteiger partial charge in [0.05, 0.1) is 0 Å². The monoisotopic (exact) mass is 259 g/mol. The first-order chi connectivity index (χ1) is 8.63. The third kappa shape index (κ3) is 2.14. The van der Waals surface area contributed by atoms with Crippen molar-refractivity contribution in [2.45, 2.75) is 6.43 Å². The van der Waals surface area contributed by atoms with Gasteiger partial charge in [-0.25, -0.2) is 33.5 Å². The van der Waals surface area contributed by atoms with E-state index in [1.165, 1.54) is 18.5 Å². The lowest BCUT2D eigenvalue weighted by molar-refractivity contribution is -0.0815. The van der Waals surface area contributed by atoms with Crippen molar-refractivity contribution in [2.24, 2.45) is 0 Å². The number of alkyl halides is 2. The van der Waals surface area contributed by atoms with Gasteiger partial charge in [-0.1, -0.05) is 0 Å². The summed E-state index contributed by atoms with van der Waals surface area (Å²) in [6.07, 6.45) is -0.482. The lowest BCUT2D eigenvalue weighted by Crippen LogP contribution is -2.01. The fraction of sp³-hybridized carbons (Fsp3) is 0.111. The molecule has 0 saturated heterocycles. The molecule has 6 nitrogen and oxygen atoms in total. The van der Waals surface area contributed by atoms with Gasteiger partial charge in [-0.05, 0) is 6.07 Å². The Labute approximate surface area is 97.3 Å². The van der Waals surface area contributed by atoms with Crippen LogP contribution in [0.25, 0.3) is 11.7 Å². The van der Waals surface area contributed by atoms with Gasteiger partial charge in [0.2, 0.25) is 11.6 Å². The third-order valence-corrected chi connectivity index (χ3v) is 1.87. The first kappa shape index (κ1) is 12.0. The van der Waals surface area contributed by atoms with E-state index in [4.69, 9.17) is 0 Å². The molecule has 0 aliphatic carbocycles. The van der Waals surface area contributed by atoms with E-state index in [9.17, 15) is 18.1 Å². The summed E-state index contributed by atoms with van der Waals surface area (Å²) in [6.45, 7) is 0. The quantitative estimate of drug-likeness (QED) is 0.839. The van der Waals surface area contributed by atoms with Crippen molar-refractivity contribution in [3.05, 3.63) is 29.9 Å². The van der Waals surface area contributed by atoms with Gasteiger partial charge in [0, 0.05) is 16.9 Å². The fourth-order valence-electron chi connectivity index (χ4n) is 1.17. The highest BCUT2D eigenvalue weighted by atomic mass is 19.3. The molecule has 9 heteroatoms. The second-order valence-electron chi connectivity index (χ2n) is 2.97. The first-order valence-corrected chi connectivity index (χ1v) is 4.52. The van der Waals surface area contributed by atoms with Crippen molar-refractivity contribution in [2.75, 3.05) is 0 Å². The molecule has 0 N–H and O–H groups in total. The van der Waals surface area contributed by atoms with Crippen LogP contribution in [0.5, 0.6) is 0 Å². The molecule has 0 aromatic carbocycles. The van der Waals surface area contributed by atoms with Crippen LogP contribution in [-0.4, -0.2) is 20.9 Å². The maximum absolute atomic E-state index is 12.6. The largest absolute Gasteiger partial charge is 0.426 e. The summed E-state index contributed by atoms with van der Waals surface area (Å²) in [5, 5.41) is 0. The van der Waals surface area contributed by atoms with E-state index in [1.807, 2.05) is 0 Å². The molecule has 0 aliphatic rings. The number of oxazole rings is 1. The van der Waals surface area contributed by atoms with Gasteiger partial charge in [-0.2, -0.15) is 0 Å². The Kier molecular flexibility index (Phi) is 3.22. The van der Waals surface area contributed by atoms with Crippen LogP contribution in [0, 0.1) is 0 Å². The Hall–Kier alpha value is -2.45. The number of hydrogen-bond acceptors (Lipinski definition) is 6. The summed E-state index contributed by atoms with van der Waals surface area (Å²) in [5.74, 6) is -3.25. The van der Waals surface area contributed by atoms with Crippen molar-refractivity contribution in [3.63, 3.8) is 0 Å². The van der Waals surface area contributed by atoms with Crippen molar-refractivity contribution in [1.29, 1.82) is 0 Å². The zero-order valence-electron chi connectivity index (χ0n) is 8.51. The normalized spacial score (nSPS) is 10.7. The Morgan fingerprint density at radius 3 is 2.56 bits per heavy atom. The number of aromatic nitrogens is 3. The minimum Gasteiger partial charge on any atom is -0.426 e. The number of hydrogen-bond donors (Lipinski definition) is 0. The third-order valence-electron chi connectivity index (χ3n) is 1.87. The van der Waals surface area contributed by atoms with Gasteiger partial charge in [0.25, 0.3) is 12.3 Å². The van der Waals surface area contributed by atoms with E-state index in [2.05, 4.69) is 24.3 Å². The molecular formula is C9H4F3N3O3. The van der Waals surface area contributed by atoms with Gasteiger partial charge in [0.15, 0.2) is 5.69 Å². The van der Waals surface area contributed by atoms with E-state index < -0.39 is 29.7 Å². The Morgan fingerprint density at radius 2 is 2.00 bits per heavy atom. The molecule has 0 aliphatic heterocycles. The van der Waals surface area contributed by atoms with Crippen molar-refractivity contribution >= 4 is 5.97 Å². The summed E-state index contributed by atoms with van der Waals surface area (Å²) in [7, 11) is 0. The smallest absolute Gasteiger partial charge is 0.416 e. The molecular weight excluding hydrogens is 255 g/mol. The van der Waals surface area contributed by atoms with E-state index in [0.29, 0.717) is 0 Å². The Bertz CT molecular complexity index is 559. The standard InChI is InChI=1S/C9H4F3N3O3/c10-6(11)4-5(9(16)18-12)17-8(15-4)7-13-2-1-3-14-7/h1-3,6H. The number of halogens is 3. The summed E-state index contributed by atoms with van der Waals surface area (Å²) in [6, 6.07) is 1.48. The van der Waals surface area contributed by atoms with Gasteiger partial charge >= 0.3 is 5.97 Å². The van der Waals surface area contributed by atoms with E-state index in [0.717, 1.165) is 0 Å². The van der Waals surface area contributed by atoms with E-state index in [1.54, 1.807) is 0 Å². The Morgan fingerprint density at radius 1 is 1.33 bits per heavy atom. The zero-order chi connectivity index (χ0) is 13.1. The summed E-state index contributed by atoms with van der Waals surface area (Å²) < 4.78 is 41.5. The predicted octanol–water partition coefficient (Wildman–Crippen LogP) is 2.11. The van der Waals surface area contributed by atoms with Crippen molar-refractivity contribution < 1.29 is 27.5 Å². The van der Waals surface area contributed by atoms with E-state index >= 15 is 0 Å². The number of rotatable bonds is 3. The molecule has 0 spiro atoms. The van der Waals surface area contributed by atoms with Crippen LogP contribution in [0.1, 0.15) is 22.7 Å². The highest BCUT2D eigenvalue weighted by Crippen LogP contribution is 2.27. The van der Waals surface area contributed by atoms with E-state index in [-0.39, 0.29) is 5.82 Å². The van der Waals surface area contributed by atoms with Crippen LogP contribution in [0.4, 0.5) is 13.3 Å². The molecule has 0 fully saturated rings. The minimum absolute atomic E-state index is 0.114. The van der Waals surface area contributed by atoms with Crippen LogP contribution < -0.4 is 0 Å². The second kappa shape index (κ2) is 4.82.